The first kappa shape index (κ1) is 8.90. The van der Waals surface area contributed by atoms with Crippen LogP contribution in [0.25, 0.3) is 0 Å². The second-order valence-corrected chi connectivity index (χ2v) is 2.03. The van der Waals surface area contributed by atoms with Crippen LogP contribution in [0.15, 0.2) is 0 Å². The summed E-state index contributed by atoms with van der Waals surface area (Å²) in [6, 6.07) is -0.657. The molecule has 0 fully saturated rings. The lowest BCUT2D eigenvalue weighted by Gasteiger charge is -2.03. The lowest BCUT2D eigenvalue weighted by atomic mass is 10.1. The second-order valence-electron chi connectivity index (χ2n) is 2.03. The van der Waals surface area contributed by atoms with Gasteiger partial charge >= 0.3 is 5.97 Å². The molecule has 1 unspecified atom stereocenters. The average molecular weight is 146 g/mol. The van der Waals surface area contributed by atoms with Crippen molar-refractivity contribution in [1.29, 1.82) is 0 Å². The van der Waals surface area contributed by atoms with Gasteiger partial charge in [0.05, 0.1) is 6.42 Å². The third kappa shape index (κ3) is 5.04. The smallest absolute Gasteiger partial charge is 0.304 e. The highest BCUT2D eigenvalue weighted by atomic mass is 16.4. The maximum absolute atomic E-state index is 10.1. The van der Waals surface area contributed by atoms with Crippen LogP contribution in [0.5, 0.6) is 0 Å². The molecule has 5 N–H and O–H groups in total. The molecule has 0 aromatic heterocycles. The zero-order valence-electron chi connectivity index (χ0n) is 5.41. The van der Waals surface area contributed by atoms with E-state index in [0.717, 1.165) is 0 Å². The van der Waals surface area contributed by atoms with E-state index in [-0.39, 0.29) is 12.8 Å². The van der Waals surface area contributed by atoms with E-state index in [1.165, 1.54) is 0 Å². The average Bonchev–Trinajstić information content (AvgIpc) is 1.58. The lowest BCUT2D eigenvalue weighted by molar-refractivity contribution is -0.137. The largest absolute Gasteiger partial charge is 0.481 e. The molecule has 0 aliphatic carbocycles. The van der Waals surface area contributed by atoms with E-state index in [2.05, 4.69) is 0 Å². The van der Waals surface area contributed by atoms with E-state index >= 15 is 0 Å². The molecule has 0 heterocycles. The highest BCUT2D eigenvalue weighted by Gasteiger charge is 2.09. The summed E-state index contributed by atoms with van der Waals surface area (Å²) in [7, 11) is 0. The van der Waals surface area contributed by atoms with E-state index in [4.69, 9.17) is 16.6 Å². The van der Waals surface area contributed by atoms with Crippen LogP contribution in [0, 0.1) is 0 Å². The fourth-order valence-corrected chi connectivity index (χ4v) is 0.555. The molecule has 0 rings (SSSR count). The van der Waals surface area contributed by atoms with E-state index in [9.17, 15) is 9.59 Å². The maximum atomic E-state index is 10.1. The maximum Gasteiger partial charge on any atom is 0.304 e. The Labute approximate surface area is 58.0 Å². The minimum Gasteiger partial charge on any atom is -0.481 e. The summed E-state index contributed by atoms with van der Waals surface area (Å²) >= 11 is 0. The Morgan fingerprint density at radius 2 is 1.90 bits per heavy atom. The molecule has 0 spiro atoms. The Kier molecular flexibility index (Phi) is 3.42. The number of carboxylic acid groups (broad SMARTS) is 1. The van der Waals surface area contributed by atoms with Crippen LogP contribution < -0.4 is 11.5 Å². The highest BCUT2D eigenvalue weighted by molar-refractivity contribution is 5.76. The van der Waals surface area contributed by atoms with Gasteiger partial charge in [-0.05, 0) is 0 Å². The van der Waals surface area contributed by atoms with Crippen molar-refractivity contribution in [2.24, 2.45) is 11.5 Å². The van der Waals surface area contributed by atoms with Crippen LogP contribution in [0.1, 0.15) is 12.8 Å². The van der Waals surface area contributed by atoms with Gasteiger partial charge in [0.1, 0.15) is 0 Å². The number of primary amides is 1. The van der Waals surface area contributed by atoms with Gasteiger partial charge in [0, 0.05) is 12.5 Å². The fraction of sp³-hybridized carbons (Fsp3) is 0.600. The van der Waals surface area contributed by atoms with Crippen molar-refractivity contribution in [3.8, 4) is 0 Å². The quantitative estimate of drug-likeness (QED) is 0.456. The second kappa shape index (κ2) is 3.84. The molecule has 0 aromatic carbocycles. The van der Waals surface area contributed by atoms with Crippen LogP contribution >= 0.6 is 0 Å². The Bertz CT molecular complexity index is 130. The van der Waals surface area contributed by atoms with Crippen molar-refractivity contribution in [1.82, 2.24) is 0 Å². The number of carbonyl (C=O) groups is 2. The number of rotatable bonds is 4. The number of hydrogen-bond acceptors (Lipinski definition) is 3. The molecule has 0 aliphatic rings. The van der Waals surface area contributed by atoms with Crippen molar-refractivity contribution in [3.63, 3.8) is 0 Å². The minimum absolute atomic E-state index is 0.0771. The van der Waals surface area contributed by atoms with Crippen LogP contribution in [-0.2, 0) is 9.59 Å². The van der Waals surface area contributed by atoms with Crippen LogP contribution in [-0.4, -0.2) is 23.0 Å². The van der Waals surface area contributed by atoms with Gasteiger partial charge in [-0.15, -0.1) is 0 Å². The Balaban J connectivity index is 3.53. The van der Waals surface area contributed by atoms with Gasteiger partial charge in [-0.25, -0.2) is 0 Å². The summed E-state index contributed by atoms with van der Waals surface area (Å²) in [5, 5.41) is 8.16. The van der Waals surface area contributed by atoms with Crippen LogP contribution in [0.3, 0.4) is 0 Å². The van der Waals surface area contributed by atoms with Crippen molar-refractivity contribution >= 4 is 11.9 Å². The standard InChI is InChI=1S/C5H10N2O3/c6-3(1-4(7)8)2-5(9)10/h3H,1-2,6H2,(H2,7,8)(H,9,10). The molecule has 1 amide bonds. The minimum atomic E-state index is -1.02. The number of carbonyl (C=O) groups excluding carboxylic acids is 1. The van der Waals surface area contributed by atoms with Gasteiger partial charge in [0.2, 0.25) is 5.91 Å². The van der Waals surface area contributed by atoms with Gasteiger partial charge in [-0.1, -0.05) is 0 Å². The fourth-order valence-electron chi connectivity index (χ4n) is 0.555. The molecule has 1 atom stereocenters. The molecule has 0 aromatic rings. The van der Waals surface area contributed by atoms with Crippen molar-refractivity contribution < 1.29 is 14.7 Å². The highest BCUT2D eigenvalue weighted by Crippen LogP contribution is 1.92. The third-order valence-electron chi connectivity index (χ3n) is 0.900. The first-order chi connectivity index (χ1) is 4.52. The lowest BCUT2D eigenvalue weighted by Crippen LogP contribution is -2.29. The van der Waals surface area contributed by atoms with Gasteiger partial charge in [-0.3, -0.25) is 9.59 Å². The summed E-state index contributed by atoms with van der Waals surface area (Å²) in [5.74, 6) is -1.59. The predicted octanol–water partition coefficient (Wildman–Crippen LogP) is -1.34. The van der Waals surface area contributed by atoms with E-state index in [0.29, 0.717) is 0 Å². The summed E-state index contributed by atoms with van der Waals surface area (Å²) in [6.45, 7) is 0. The molecule has 0 aliphatic heterocycles. The van der Waals surface area contributed by atoms with Gasteiger partial charge < -0.3 is 16.6 Å². The molecule has 0 radical (unpaired) electrons. The normalized spacial score (nSPS) is 12.5. The Morgan fingerprint density at radius 1 is 1.40 bits per heavy atom. The molecule has 58 valence electrons. The molecule has 0 bridgehead atoms. The number of nitrogens with two attached hydrogens (primary N) is 2. The van der Waals surface area contributed by atoms with E-state index in [1.807, 2.05) is 0 Å². The van der Waals surface area contributed by atoms with Gasteiger partial charge in [-0.2, -0.15) is 0 Å². The third-order valence-corrected chi connectivity index (χ3v) is 0.900. The predicted molar refractivity (Wildman–Crippen MR) is 34.0 cm³/mol. The molecule has 0 saturated heterocycles. The molecule has 0 saturated carbocycles. The zero-order valence-corrected chi connectivity index (χ0v) is 5.41. The monoisotopic (exact) mass is 146 g/mol. The summed E-state index contributed by atoms with van der Waals surface area (Å²) in [6.07, 6.45) is -0.296. The van der Waals surface area contributed by atoms with E-state index < -0.39 is 17.9 Å². The molecular weight excluding hydrogens is 136 g/mol. The number of aliphatic carboxylic acids is 1. The molecule has 5 heteroatoms. The Morgan fingerprint density at radius 3 is 2.20 bits per heavy atom. The van der Waals surface area contributed by atoms with E-state index in [1.54, 1.807) is 0 Å². The number of hydrogen-bond donors (Lipinski definition) is 3. The summed E-state index contributed by atoms with van der Waals surface area (Å²) in [5.41, 5.74) is 9.95. The van der Waals surface area contributed by atoms with Gasteiger partial charge in [0.15, 0.2) is 0 Å². The van der Waals surface area contributed by atoms with Crippen molar-refractivity contribution in [2.75, 3.05) is 0 Å². The van der Waals surface area contributed by atoms with Gasteiger partial charge in [0.25, 0.3) is 0 Å². The first-order valence-corrected chi connectivity index (χ1v) is 2.78. The summed E-state index contributed by atoms with van der Waals surface area (Å²) < 4.78 is 0. The first-order valence-electron chi connectivity index (χ1n) is 2.78. The van der Waals surface area contributed by atoms with Crippen molar-refractivity contribution in [2.45, 2.75) is 18.9 Å². The van der Waals surface area contributed by atoms with Crippen LogP contribution in [0.4, 0.5) is 0 Å². The van der Waals surface area contributed by atoms with Crippen molar-refractivity contribution in [3.05, 3.63) is 0 Å². The summed E-state index contributed by atoms with van der Waals surface area (Å²) in [4.78, 5) is 20.1. The zero-order chi connectivity index (χ0) is 8.15. The molecule has 5 nitrogen and oxygen atoms in total. The Hall–Kier alpha value is -1.10. The van der Waals surface area contributed by atoms with Crippen LogP contribution in [0.2, 0.25) is 0 Å². The molecular formula is C5H10N2O3. The number of amides is 1. The SMILES string of the molecule is NC(=O)CC(N)CC(=O)O. The topological polar surface area (TPSA) is 106 Å². The molecule has 10 heavy (non-hydrogen) atoms. The number of carboxylic acids is 1.